The van der Waals surface area contributed by atoms with E-state index in [1.54, 1.807) is 6.20 Å². The second kappa shape index (κ2) is 4.64. The minimum atomic E-state index is -4.23. The van der Waals surface area contributed by atoms with Crippen LogP contribution in [0.25, 0.3) is 0 Å². The summed E-state index contributed by atoms with van der Waals surface area (Å²) >= 11 is 1.54. The molecule has 1 heterocycles. The molecular weight excluding hydrogens is 247 g/mol. The minimum absolute atomic E-state index is 0.471. The number of rotatable bonds is 2. The molecule has 0 radical (unpaired) electrons. The van der Waals surface area contributed by atoms with Crippen molar-refractivity contribution in [1.29, 1.82) is 0 Å². The first-order chi connectivity index (χ1) is 7.95. The van der Waals surface area contributed by atoms with E-state index in [1.807, 2.05) is 6.92 Å². The summed E-state index contributed by atoms with van der Waals surface area (Å²) in [4.78, 5) is 5.13. The standard InChI is InChI=1S/C12H12F3NS/c1-8-16-7-11(17-8)6-9-3-2-4-10(5-9)12(13,14)15/h4-5,7H,2-3,6H2,1H3. The molecule has 0 saturated heterocycles. The lowest BCUT2D eigenvalue weighted by molar-refractivity contribution is -0.0887. The molecule has 5 heteroatoms. The van der Waals surface area contributed by atoms with Gasteiger partial charge < -0.3 is 0 Å². The molecule has 0 bridgehead atoms. The van der Waals surface area contributed by atoms with E-state index in [2.05, 4.69) is 4.98 Å². The van der Waals surface area contributed by atoms with E-state index < -0.39 is 11.7 Å². The average molecular weight is 259 g/mol. The highest BCUT2D eigenvalue weighted by Crippen LogP contribution is 2.32. The van der Waals surface area contributed by atoms with Crippen molar-refractivity contribution in [2.75, 3.05) is 0 Å². The first-order valence-corrected chi connectivity index (χ1v) is 6.15. The lowest BCUT2D eigenvalue weighted by atomic mass is 9.96. The summed E-state index contributed by atoms with van der Waals surface area (Å²) in [6.45, 7) is 1.89. The first kappa shape index (κ1) is 12.4. The Hall–Kier alpha value is -1.10. The number of halogens is 3. The first-order valence-electron chi connectivity index (χ1n) is 5.33. The van der Waals surface area contributed by atoms with E-state index in [0.29, 0.717) is 19.3 Å². The van der Waals surface area contributed by atoms with Crippen molar-refractivity contribution in [3.05, 3.63) is 39.4 Å². The maximum absolute atomic E-state index is 12.5. The Morgan fingerprint density at radius 2 is 2.18 bits per heavy atom. The number of hydrogen-bond donors (Lipinski definition) is 0. The van der Waals surface area contributed by atoms with Crippen molar-refractivity contribution in [3.8, 4) is 0 Å². The molecule has 0 saturated carbocycles. The summed E-state index contributed by atoms with van der Waals surface area (Å²) in [6.07, 6.45) is 1.82. The Bertz CT molecular complexity index is 468. The SMILES string of the molecule is Cc1ncc(CC2=CC(C(F)(F)F)=CCC2)s1. The third-order valence-electron chi connectivity index (χ3n) is 2.59. The zero-order valence-corrected chi connectivity index (χ0v) is 10.2. The lowest BCUT2D eigenvalue weighted by Crippen LogP contribution is -2.12. The molecule has 1 aromatic heterocycles. The quantitative estimate of drug-likeness (QED) is 0.775. The van der Waals surface area contributed by atoms with Crippen molar-refractivity contribution >= 4 is 11.3 Å². The van der Waals surface area contributed by atoms with Crippen LogP contribution in [0.4, 0.5) is 13.2 Å². The monoisotopic (exact) mass is 259 g/mol. The Balaban J connectivity index is 2.12. The van der Waals surface area contributed by atoms with Crippen LogP contribution >= 0.6 is 11.3 Å². The van der Waals surface area contributed by atoms with E-state index in [1.165, 1.54) is 23.5 Å². The largest absolute Gasteiger partial charge is 0.416 e. The molecule has 1 aromatic rings. The Kier molecular flexibility index (Phi) is 3.38. The van der Waals surface area contributed by atoms with E-state index >= 15 is 0 Å². The normalized spacial score (nSPS) is 16.7. The molecular formula is C12H12F3NS. The van der Waals surface area contributed by atoms with Gasteiger partial charge in [-0.25, -0.2) is 4.98 Å². The second-order valence-electron chi connectivity index (χ2n) is 4.02. The number of allylic oxidation sites excluding steroid dienone is 4. The van der Waals surface area contributed by atoms with Gasteiger partial charge in [-0.3, -0.25) is 0 Å². The zero-order valence-electron chi connectivity index (χ0n) is 9.34. The average Bonchev–Trinajstić information content (AvgIpc) is 2.63. The fraction of sp³-hybridized carbons (Fsp3) is 0.417. The molecule has 0 aromatic carbocycles. The highest BCUT2D eigenvalue weighted by molar-refractivity contribution is 7.11. The van der Waals surface area contributed by atoms with E-state index in [0.717, 1.165) is 15.5 Å². The Morgan fingerprint density at radius 3 is 2.76 bits per heavy atom. The number of thiazole rings is 1. The number of aryl methyl sites for hydroxylation is 1. The summed E-state index contributed by atoms with van der Waals surface area (Å²) in [6, 6.07) is 0. The molecule has 0 amide bonds. The van der Waals surface area contributed by atoms with Gasteiger partial charge in [-0.05, 0) is 19.8 Å². The summed E-state index contributed by atoms with van der Waals surface area (Å²) in [5, 5.41) is 0.947. The van der Waals surface area contributed by atoms with Crippen molar-refractivity contribution in [2.24, 2.45) is 0 Å². The van der Waals surface area contributed by atoms with Crippen LogP contribution < -0.4 is 0 Å². The van der Waals surface area contributed by atoms with Crippen molar-refractivity contribution in [2.45, 2.75) is 32.4 Å². The van der Waals surface area contributed by atoms with E-state index in [4.69, 9.17) is 0 Å². The van der Waals surface area contributed by atoms with Crippen molar-refractivity contribution in [3.63, 3.8) is 0 Å². The van der Waals surface area contributed by atoms with Crippen LogP contribution in [0.5, 0.6) is 0 Å². The number of hydrogen-bond acceptors (Lipinski definition) is 2. The topological polar surface area (TPSA) is 12.9 Å². The predicted molar refractivity (Wildman–Crippen MR) is 62.0 cm³/mol. The van der Waals surface area contributed by atoms with Crippen LogP contribution in [0.2, 0.25) is 0 Å². The molecule has 0 aliphatic heterocycles. The highest BCUT2D eigenvalue weighted by atomic mass is 32.1. The van der Waals surface area contributed by atoms with Crippen LogP contribution in [0.1, 0.15) is 22.7 Å². The van der Waals surface area contributed by atoms with Crippen LogP contribution in [0.3, 0.4) is 0 Å². The van der Waals surface area contributed by atoms with Gasteiger partial charge in [0.1, 0.15) is 0 Å². The van der Waals surface area contributed by atoms with Crippen LogP contribution in [0.15, 0.2) is 29.5 Å². The van der Waals surface area contributed by atoms with Crippen LogP contribution in [-0.4, -0.2) is 11.2 Å². The Labute approximate surface area is 102 Å². The van der Waals surface area contributed by atoms with E-state index in [9.17, 15) is 13.2 Å². The molecule has 17 heavy (non-hydrogen) atoms. The number of nitrogens with zero attached hydrogens (tertiary/aromatic N) is 1. The number of aromatic nitrogens is 1. The number of alkyl halides is 3. The second-order valence-corrected chi connectivity index (χ2v) is 5.34. The Morgan fingerprint density at radius 1 is 1.41 bits per heavy atom. The maximum Gasteiger partial charge on any atom is 0.416 e. The van der Waals surface area contributed by atoms with Gasteiger partial charge in [0.25, 0.3) is 0 Å². The molecule has 0 N–H and O–H groups in total. The van der Waals surface area contributed by atoms with E-state index in [-0.39, 0.29) is 0 Å². The molecule has 0 unspecified atom stereocenters. The third-order valence-corrected chi connectivity index (χ3v) is 3.50. The van der Waals surface area contributed by atoms with Crippen molar-refractivity contribution in [1.82, 2.24) is 4.98 Å². The van der Waals surface area contributed by atoms with Gasteiger partial charge in [0.05, 0.1) is 10.6 Å². The third kappa shape index (κ3) is 3.19. The molecule has 0 fully saturated rings. The summed E-state index contributed by atoms with van der Waals surface area (Å²) in [5.41, 5.74) is 0.323. The fourth-order valence-electron chi connectivity index (χ4n) is 1.81. The van der Waals surface area contributed by atoms with Crippen LogP contribution in [0, 0.1) is 6.92 Å². The fourth-order valence-corrected chi connectivity index (χ4v) is 2.66. The maximum atomic E-state index is 12.5. The summed E-state index contributed by atoms with van der Waals surface area (Å²) < 4.78 is 37.6. The molecule has 0 atom stereocenters. The molecule has 2 rings (SSSR count). The van der Waals surface area contributed by atoms with Crippen LogP contribution in [-0.2, 0) is 6.42 Å². The van der Waals surface area contributed by atoms with Crippen molar-refractivity contribution < 1.29 is 13.2 Å². The minimum Gasteiger partial charge on any atom is -0.250 e. The van der Waals surface area contributed by atoms with Gasteiger partial charge in [0.2, 0.25) is 0 Å². The molecule has 1 aliphatic carbocycles. The molecule has 92 valence electrons. The molecule has 1 nitrogen and oxygen atoms in total. The van der Waals surface area contributed by atoms with Gasteiger partial charge in [0, 0.05) is 17.5 Å². The van der Waals surface area contributed by atoms with Gasteiger partial charge in [-0.1, -0.05) is 17.7 Å². The zero-order chi connectivity index (χ0) is 12.5. The van der Waals surface area contributed by atoms with Gasteiger partial charge >= 0.3 is 6.18 Å². The highest BCUT2D eigenvalue weighted by Gasteiger charge is 2.32. The summed E-state index contributed by atoms with van der Waals surface area (Å²) in [7, 11) is 0. The summed E-state index contributed by atoms with van der Waals surface area (Å²) in [5.74, 6) is 0. The van der Waals surface area contributed by atoms with Gasteiger partial charge in [-0.2, -0.15) is 13.2 Å². The lowest BCUT2D eigenvalue weighted by Gasteiger charge is -2.15. The van der Waals surface area contributed by atoms with Gasteiger partial charge in [-0.15, -0.1) is 11.3 Å². The molecule has 1 aliphatic rings. The molecule has 0 spiro atoms. The smallest absolute Gasteiger partial charge is 0.250 e. The van der Waals surface area contributed by atoms with Gasteiger partial charge in [0.15, 0.2) is 0 Å². The predicted octanol–water partition coefficient (Wildman–Crippen LogP) is 4.20.